The van der Waals surface area contributed by atoms with E-state index in [1.54, 1.807) is 12.1 Å². The van der Waals surface area contributed by atoms with Crippen LogP contribution in [0.1, 0.15) is 44.7 Å². The van der Waals surface area contributed by atoms with Crippen molar-refractivity contribution in [3.05, 3.63) is 41.0 Å². The number of halogens is 2. The molecule has 0 saturated carbocycles. The van der Waals surface area contributed by atoms with E-state index >= 15 is 0 Å². The van der Waals surface area contributed by atoms with Crippen molar-refractivity contribution in [1.82, 2.24) is 5.32 Å². The average Bonchev–Trinajstić information content (AvgIpc) is 2.38. The number of rotatable bonds is 7. The van der Waals surface area contributed by atoms with Gasteiger partial charge in [0, 0.05) is 12.1 Å². The molecule has 106 valence electrons. The van der Waals surface area contributed by atoms with Crippen LogP contribution >= 0.6 is 0 Å². The molecular formula is C16H23F2N. The molecule has 1 aromatic rings. The maximum absolute atomic E-state index is 12.7. The topological polar surface area (TPSA) is 12.0 Å². The van der Waals surface area contributed by atoms with Crippen molar-refractivity contribution >= 4 is 6.08 Å². The summed E-state index contributed by atoms with van der Waals surface area (Å²) in [4.78, 5) is 0. The van der Waals surface area contributed by atoms with E-state index in [-0.39, 0.29) is 5.56 Å². The van der Waals surface area contributed by atoms with Crippen LogP contribution in [-0.4, -0.2) is 13.1 Å². The van der Waals surface area contributed by atoms with Crippen molar-refractivity contribution < 1.29 is 8.78 Å². The van der Waals surface area contributed by atoms with Crippen LogP contribution in [0.15, 0.2) is 29.8 Å². The molecule has 0 bridgehead atoms. The van der Waals surface area contributed by atoms with Crippen LogP contribution in [0.3, 0.4) is 0 Å². The van der Waals surface area contributed by atoms with E-state index in [0.717, 1.165) is 25.1 Å². The Morgan fingerprint density at radius 1 is 1.32 bits per heavy atom. The third-order valence-corrected chi connectivity index (χ3v) is 3.01. The lowest BCUT2D eigenvalue weighted by Gasteiger charge is -2.13. The van der Waals surface area contributed by atoms with Gasteiger partial charge in [0.1, 0.15) is 0 Å². The molecule has 0 aliphatic rings. The standard InChI is InChI=1S/C16H23F2N/c1-4-8-19-11-15(12(2)3)10-13-6-5-7-14(9-13)16(17)18/h5-7,9-10,12,16,19H,4,8,11H2,1-3H3/b15-10-. The fourth-order valence-electron chi connectivity index (χ4n) is 1.83. The highest BCUT2D eigenvalue weighted by atomic mass is 19.3. The minimum atomic E-state index is -2.41. The van der Waals surface area contributed by atoms with Crippen LogP contribution < -0.4 is 5.32 Å². The van der Waals surface area contributed by atoms with E-state index in [1.165, 1.54) is 11.6 Å². The summed E-state index contributed by atoms with van der Waals surface area (Å²) in [5, 5.41) is 3.36. The third-order valence-electron chi connectivity index (χ3n) is 3.01. The van der Waals surface area contributed by atoms with E-state index in [2.05, 4.69) is 26.1 Å². The Kier molecular flexibility index (Phi) is 6.71. The summed E-state index contributed by atoms with van der Waals surface area (Å²) in [7, 11) is 0. The smallest absolute Gasteiger partial charge is 0.263 e. The first-order valence-electron chi connectivity index (χ1n) is 6.83. The predicted octanol–water partition coefficient (Wildman–Crippen LogP) is 4.66. The molecule has 1 N–H and O–H groups in total. The first kappa shape index (κ1) is 15.8. The fraction of sp³-hybridized carbons (Fsp3) is 0.500. The molecule has 0 radical (unpaired) electrons. The lowest BCUT2D eigenvalue weighted by atomic mass is 9.99. The quantitative estimate of drug-likeness (QED) is 0.708. The van der Waals surface area contributed by atoms with Crippen molar-refractivity contribution in [2.75, 3.05) is 13.1 Å². The summed E-state index contributed by atoms with van der Waals surface area (Å²) in [6, 6.07) is 6.58. The van der Waals surface area contributed by atoms with Crippen molar-refractivity contribution in [3.63, 3.8) is 0 Å². The van der Waals surface area contributed by atoms with Gasteiger partial charge >= 0.3 is 0 Å². The number of hydrogen-bond donors (Lipinski definition) is 1. The van der Waals surface area contributed by atoms with Crippen LogP contribution in [0.2, 0.25) is 0 Å². The van der Waals surface area contributed by atoms with Crippen LogP contribution in [0.5, 0.6) is 0 Å². The van der Waals surface area contributed by atoms with Gasteiger partial charge in [0.05, 0.1) is 0 Å². The molecule has 0 fully saturated rings. The Morgan fingerprint density at radius 3 is 2.63 bits per heavy atom. The molecule has 0 atom stereocenters. The molecule has 1 aromatic carbocycles. The molecule has 19 heavy (non-hydrogen) atoms. The minimum Gasteiger partial charge on any atom is -0.313 e. The first-order valence-corrected chi connectivity index (χ1v) is 6.83. The highest BCUT2D eigenvalue weighted by Crippen LogP contribution is 2.21. The molecule has 0 saturated heterocycles. The second-order valence-corrected chi connectivity index (χ2v) is 5.02. The fourth-order valence-corrected chi connectivity index (χ4v) is 1.83. The van der Waals surface area contributed by atoms with Gasteiger partial charge in [-0.1, -0.05) is 50.6 Å². The molecule has 0 aliphatic heterocycles. The molecule has 0 aliphatic carbocycles. The summed E-state index contributed by atoms with van der Waals surface area (Å²) in [6.07, 6.45) is 0.694. The van der Waals surface area contributed by atoms with E-state index in [4.69, 9.17) is 0 Å². The Bertz CT molecular complexity index is 411. The Balaban J connectivity index is 2.85. The van der Waals surface area contributed by atoms with Gasteiger partial charge in [-0.2, -0.15) is 0 Å². The molecule has 3 heteroatoms. The summed E-state index contributed by atoms with van der Waals surface area (Å²) < 4.78 is 25.3. The zero-order chi connectivity index (χ0) is 14.3. The van der Waals surface area contributed by atoms with Crippen molar-refractivity contribution in [2.24, 2.45) is 5.92 Å². The zero-order valence-corrected chi connectivity index (χ0v) is 11.9. The molecule has 1 rings (SSSR count). The summed E-state index contributed by atoms with van der Waals surface area (Å²) in [6.45, 7) is 8.15. The van der Waals surface area contributed by atoms with Gasteiger partial charge in [0.25, 0.3) is 6.43 Å². The monoisotopic (exact) mass is 267 g/mol. The van der Waals surface area contributed by atoms with Crippen LogP contribution in [0.4, 0.5) is 8.78 Å². The molecule has 0 unspecified atom stereocenters. The Hall–Kier alpha value is -1.22. The normalized spacial score (nSPS) is 12.5. The second-order valence-electron chi connectivity index (χ2n) is 5.02. The van der Waals surface area contributed by atoms with Crippen LogP contribution in [0.25, 0.3) is 6.08 Å². The van der Waals surface area contributed by atoms with Gasteiger partial charge in [-0.15, -0.1) is 0 Å². The summed E-state index contributed by atoms with van der Waals surface area (Å²) >= 11 is 0. The van der Waals surface area contributed by atoms with E-state index < -0.39 is 6.43 Å². The zero-order valence-electron chi connectivity index (χ0n) is 11.9. The first-order chi connectivity index (χ1) is 9.04. The second kappa shape index (κ2) is 8.05. The Labute approximate surface area is 114 Å². The van der Waals surface area contributed by atoms with E-state index in [0.29, 0.717) is 5.92 Å². The lowest BCUT2D eigenvalue weighted by molar-refractivity contribution is 0.151. The number of hydrogen-bond acceptors (Lipinski definition) is 1. The number of benzene rings is 1. The Morgan fingerprint density at radius 2 is 2.05 bits per heavy atom. The average molecular weight is 267 g/mol. The van der Waals surface area contributed by atoms with Crippen molar-refractivity contribution in [2.45, 2.75) is 33.6 Å². The molecule has 1 nitrogen and oxygen atoms in total. The minimum absolute atomic E-state index is 0.0818. The van der Waals surface area contributed by atoms with Crippen molar-refractivity contribution in [3.8, 4) is 0 Å². The molecule has 0 amide bonds. The van der Waals surface area contributed by atoms with Gasteiger partial charge in [0.15, 0.2) is 0 Å². The maximum atomic E-state index is 12.7. The lowest BCUT2D eigenvalue weighted by Crippen LogP contribution is -2.19. The summed E-state index contributed by atoms with van der Waals surface area (Å²) in [5.74, 6) is 0.402. The molecule has 0 heterocycles. The SMILES string of the molecule is CCCNC/C(=C/c1cccc(C(F)F)c1)C(C)C. The van der Waals surface area contributed by atoms with E-state index in [9.17, 15) is 8.78 Å². The van der Waals surface area contributed by atoms with E-state index in [1.807, 2.05) is 12.1 Å². The largest absolute Gasteiger partial charge is 0.313 e. The highest BCUT2D eigenvalue weighted by Gasteiger charge is 2.07. The maximum Gasteiger partial charge on any atom is 0.263 e. The summed E-state index contributed by atoms with van der Waals surface area (Å²) in [5.41, 5.74) is 2.16. The van der Waals surface area contributed by atoms with Crippen LogP contribution in [0, 0.1) is 5.92 Å². The molecule has 0 aromatic heterocycles. The van der Waals surface area contributed by atoms with Gasteiger partial charge in [-0.05, 0) is 30.5 Å². The molecular weight excluding hydrogens is 244 g/mol. The van der Waals surface area contributed by atoms with Gasteiger partial charge in [-0.3, -0.25) is 0 Å². The van der Waals surface area contributed by atoms with Gasteiger partial charge in [0.2, 0.25) is 0 Å². The highest BCUT2D eigenvalue weighted by molar-refractivity contribution is 5.54. The van der Waals surface area contributed by atoms with Gasteiger partial charge in [-0.25, -0.2) is 8.78 Å². The van der Waals surface area contributed by atoms with Crippen LogP contribution in [-0.2, 0) is 0 Å². The number of alkyl halides is 2. The van der Waals surface area contributed by atoms with Crippen molar-refractivity contribution in [1.29, 1.82) is 0 Å². The third kappa shape index (κ3) is 5.52. The molecule has 0 spiro atoms. The predicted molar refractivity (Wildman–Crippen MR) is 77.4 cm³/mol. The number of nitrogens with one attached hydrogen (secondary N) is 1. The van der Waals surface area contributed by atoms with Gasteiger partial charge < -0.3 is 5.32 Å².